The van der Waals surface area contributed by atoms with Gasteiger partial charge < -0.3 is 25.2 Å². The molecule has 0 aromatic carbocycles. The second-order valence-electron chi connectivity index (χ2n) is 16.6. The van der Waals surface area contributed by atoms with Crippen LogP contribution in [0.5, 0.6) is 0 Å². The summed E-state index contributed by atoms with van der Waals surface area (Å²) in [4.78, 5) is 13.3. The standard InChI is InChI=1S/C35H56O6/c1-10-20(2)29(40)41-26-18-34(9)21(22-17-30(3,4)27(38)28(39)35(22,26)19-36)11-12-24-32(7)15-14-25(37)31(5,6)23(32)13-16-33(24,34)8/h10-11,22-28,36-39H,12-19H2,1-9H3. The van der Waals surface area contributed by atoms with Gasteiger partial charge in [0.05, 0.1) is 30.3 Å². The predicted molar refractivity (Wildman–Crippen MR) is 160 cm³/mol. The molecule has 5 aliphatic rings. The van der Waals surface area contributed by atoms with Gasteiger partial charge in [-0.05, 0) is 104 Å². The molecule has 6 nitrogen and oxygen atoms in total. The molecular formula is C35H56O6. The van der Waals surface area contributed by atoms with Crippen molar-refractivity contribution in [1.29, 1.82) is 0 Å². The van der Waals surface area contributed by atoms with Gasteiger partial charge in [-0.15, -0.1) is 0 Å². The molecular weight excluding hydrogens is 516 g/mol. The molecule has 0 bridgehead atoms. The highest BCUT2D eigenvalue weighted by Gasteiger charge is 2.73. The number of ether oxygens (including phenoxy) is 1. The SMILES string of the molecule is CC=C(C)C(=O)OC1CC2(C)C(=CCC3C4(C)CCC(O)C(C)(C)C4CCC32C)C2CC(C)(C)C(O)C(O)C12CO. The van der Waals surface area contributed by atoms with Gasteiger partial charge in [-0.25, -0.2) is 4.79 Å². The van der Waals surface area contributed by atoms with E-state index in [1.807, 2.05) is 13.8 Å². The molecule has 0 spiro atoms. The van der Waals surface area contributed by atoms with Crippen molar-refractivity contribution in [2.24, 2.45) is 50.2 Å². The van der Waals surface area contributed by atoms with Gasteiger partial charge in [0.15, 0.2) is 0 Å². The van der Waals surface area contributed by atoms with Crippen LogP contribution >= 0.6 is 0 Å². The van der Waals surface area contributed by atoms with Gasteiger partial charge in [-0.1, -0.05) is 66.2 Å². The smallest absolute Gasteiger partial charge is 0.333 e. The van der Waals surface area contributed by atoms with Crippen LogP contribution < -0.4 is 0 Å². The number of aliphatic hydroxyl groups is 4. The fourth-order valence-electron chi connectivity index (χ4n) is 11.3. The Morgan fingerprint density at radius 3 is 2.24 bits per heavy atom. The number of allylic oxidation sites excluding steroid dienone is 3. The summed E-state index contributed by atoms with van der Waals surface area (Å²) >= 11 is 0. The molecule has 0 aliphatic heterocycles. The molecule has 0 aromatic rings. The van der Waals surface area contributed by atoms with Crippen LogP contribution in [0.2, 0.25) is 0 Å². The van der Waals surface area contributed by atoms with Crippen molar-refractivity contribution in [2.75, 3.05) is 6.61 Å². The van der Waals surface area contributed by atoms with Crippen LogP contribution in [0.15, 0.2) is 23.3 Å². The lowest BCUT2D eigenvalue weighted by Crippen LogP contribution is -2.72. The van der Waals surface area contributed by atoms with E-state index >= 15 is 0 Å². The van der Waals surface area contributed by atoms with Gasteiger partial charge in [-0.2, -0.15) is 0 Å². The van der Waals surface area contributed by atoms with Crippen LogP contribution in [0.1, 0.15) is 107 Å². The minimum absolute atomic E-state index is 0.0710. The first kappa shape index (κ1) is 31.2. The minimum atomic E-state index is -1.23. The van der Waals surface area contributed by atoms with Gasteiger partial charge in [0, 0.05) is 5.57 Å². The molecule has 6 heteroatoms. The second kappa shape index (κ2) is 9.64. The normalized spacial score (nSPS) is 50.4. The van der Waals surface area contributed by atoms with Crippen LogP contribution in [0.4, 0.5) is 0 Å². The van der Waals surface area contributed by atoms with Crippen molar-refractivity contribution in [3.05, 3.63) is 23.3 Å². The monoisotopic (exact) mass is 572 g/mol. The third-order valence-electron chi connectivity index (χ3n) is 14.4. The average molecular weight is 573 g/mol. The van der Waals surface area contributed by atoms with Crippen LogP contribution in [-0.2, 0) is 9.53 Å². The van der Waals surface area contributed by atoms with Crippen molar-refractivity contribution in [3.63, 3.8) is 0 Å². The number of carbonyl (C=O) groups is 1. The quantitative estimate of drug-likeness (QED) is 0.200. The van der Waals surface area contributed by atoms with E-state index in [9.17, 15) is 25.2 Å². The third-order valence-corrected chi connectivity index (χ3v) is 14.4. The Labute approximate surface area is 247 Å². The Kier molecular flexibility index (Phi) is 7.34. The number of hydrogen-bond acceptors (Lipinski definition) is 6. The highest BCUT2D eigenvalue weighted by Crippen LogP contribution is 2.76. The lowest BCUT2D eigenvalue weighted by atomic mass is 9.33. The van der Waals surface area contributed by atoms with Crippen LogP contribution in [-0.4, -0.2) is 57.4 Å². The Balaban J connectivity index is 1.67. The summed E-state index contributed by atoms with van der Waals surface area (Å²) in [7, 11) is 0. The Bertz CT molecular complexity index is 1140. The molecule has 0 heterocycles. The number of hydrogen-bond donors (Lipinski definition) is 4. The first-order valence-corrected chi connectivity index (χ1v) is 16.1. The lowest BCUT2D eigenvalue weighted by Gasteiger charge is -2.72. The van der Waals surface area contributed by atoms with Crippen molar-refractivity contribution in [2.45, 2.75) is 132 Å². The zero-order valence-corrected chi connectivity index (χ0v) is 27.0. The van der Waals surface area contributed by atoms with E-state index in [-0.39, 0.29) is 40.3 Å². The van der Waals surface area contributed by atoms with Crippen LogP contribution in [0, 0.1) is 50.2 Å². The fraction of sp³-hybridized carbons (Fsp3) is 0.857. The molecule has 232 valence electrons. The highest BCUT2D eigenvalue weighted by molar-refractivity contribution is 5.87. The molecule has 11 atom stereocenters. The highest BCUT2D eigenvalue weighted by atomic mass is 16.5. The van der Waals surface area contributed by atoms with Crippen LogP contribution in [0.3, 0.4) is 0 Å². The van der Waals surface area contributed by atoms with Gasteiger partial charge in [-0.3, -0.25) is 0 Å². The predicted octanol–water partition coefficient (Wildman–Crippen LogP) is 5.57. The average Bonchev–Trinajstić information content (AvgIpc) is 2.89. The van der Waals surface area contributed by atoms with E-state index in [2.05, 4.69) is 40.7 Å². The van der Waals surface area contributed by atoms with Crippen LogP contribution in [0.25, 0.3) is 0 Å². The van der Waals surface area contributed by atoms with E-state index < -0.39 is 35.1 Å². The maximum atomic E-state index is 13.3. The van der Waals surface area contributed by atoms with Crippen molar-refractivity contribution in [3.8, 4) is 0 Å². The first-order chi connectivity index (χ1) is 18.9. The summed E-state index contributed by atoms with van der Waals surface area (Å²) < 4.78 is 6.31. The summed E-state index contributed by atoms with van der Waals surface area (Å²) in [6.07, 6.45) is 6.77. The largest absolute Gasteiger partial charge is 0.458 e. The van der Waals surface area contributed by atoms with Gasteiger partial charge in [0.1, 0.15) is 6.10 Å². The second-order valence-corrected chi connectivity index (χ2v) is 16.6. The Hall–Kier alpha value is -1.21. The number of esters is 1. The molecule has 0 saturated heterocycles. The summed E-state index contributed by atoms with van der Waals surface area (Å²) in [6.45, 7) is 18.9. The summed E-state index contributed by atoms with van der Waals surface area (Å²) in [5.74, 6) is 0.169. The number of aliphatic hydroxyl groups excluding tert-OH is 4. The maximum Gasteiger partial charge on any atom is 0.333 e. The Morgan fingerprint density at radius 1 is 0.976 bits per heavy atom. The molecule has 4 N–H and O–H groups in total. The van der Waals surface area contributed by atoms with Crippen molar-refractivity contribution < 1.29 is 30.0 Å². The molecule has 5 rings (SSSR count). The van der Waals surface area contributed by atoms with Gasteiger partial charge in [0.25, 0.3) is 0 Å². The maximum absolute atomic E-state index is 13.3. The van der Waals surface area contributed by atoms with E-state index in [1.54, 1.807) is 19.9 Å². The Morgan fingerprint density at radius 2 is 1.63 bits per heavy atom. The third kappa shape index (κ3) is 3.92. The van der Waals surface area contributed by atoms with Gasteiger partial charge in [0.2, 0.25) is 0 Å². The van der Waals surface area contributed by atoms with E-state index in [1.165, 1.54) is 5.57 Å². The van der Waals surface area contributed by atoms with Crippen molar-refractivity contribution >= 4 is 5.97 Å². The van der Waals surface area contributed by atoms with E-state index in [4.69, 9.17) is 4.74 Å². The lowest BCUT2D eigenvalue weighted by molar-refractivity contribution is -0.261. The number of carbonyl (C=O) groups excluding carboxylic acids is 1. The summed E-state index contributed by atoms with van der Waals surface area (Å²) in [5, 5.41) is 45.3. The zero-order chi connectivity index (χ0) is 30.6. The fourth-order valence-corrected chi connectivity index (χ4v) is 11.3. The molecule has 4 saturated carbocycles. The molecule has 5 aliphatic carbocycles. The molecule has 0 radical (unpaired) electrons. The molecule has 4 fully saturated rings. The number of rotatable bonds is 3. The number of fused-ring (bicyclic) bond motifs is 7. The minimum Gasteiger partial charge on any atom is -0.458 e. The first-order valence-electron chi connectivity index (χ1n) is 16.1. The summed E-state index contributed by atoms with van der Waals surface area (Å²) in [5.41, 5.74) is -0.456. The van der Waals surface area contributed by atoms with E-state index in [0.717, 1.165) is 32.1 Å². The topological polar surface area (TPSA) is 107 Å². The molecule has 0 aromatic heterocycles. The van der Waals surface area contributed by atoms with E-state index in [0.29, 0.717) is 30.3 Å². The molecule has 11 unspecified atom stereocenters. The van der Waals surface area contributed by atoms with Crippen molar-refractivity contribution in [1.82, 2.24) is 0 Å². The molecule has 41 heavy (non-hydrogen) atoms. The summed E-state index contributed by atoms with van der Waals surface area (Å²) in [6, 6.07) is 0. The molecule has 0 amide bonds. The van der Waals surface area contributed by atoms with Gasteiger partial charge >= 0.3 is 5.97 Å². The zero-order valence-electron chi connectivity index (χ0n) is 27.0.